The largest absolute Gasteiger partial charge is 0.493 e. The molecule has 3 aromatic rings. The number of imide groups is 2. The summed E-state index contributed by atoms with van der Waals surface area (Å²) < 4.78 is 23.9. The summed E-state index contributed by atoms with van der Waals surface area (Å²) in [7, 11) is 1.31. The minimum atomic E-state index is -1.03. The number of carbonyl (C=O) groups excluding carboxylic acids is 4. The zero-order chi connectivity index (χ0) is 29.0. The second kappa shape index (κ2) is 11.6. The number of nitro benzene ring substituents is 1. The fraction of sp³-hybridized carbons (Fsp3) is 0.0769. The number of carbonyl (C=O) groups is 4. The molecule has 1 heterocycles. The number of ether oxygens (including phenoxy) is 2. The van der Waals surface area contributed by atoms with Crippen LogP contribution in [0.5, 0.6) is 11.5 Å². The zero-order valence-corrected chi connectivity index (χ0v) is 21.2. The molecule has 0 saturated carbocycles. The SMILES string of the molecule is COc1cc(/C=C2/C(=O)NC(=O)N(c3ccc([N+](=O)[O-])cc3)C2=O)cc(Cl)c1OCC(=O)Nc1ccc(F)cc1. The summed E-state index contributed by atoms with van der Waals surface area (Å²) in [6, 6.07) is 11.4. The van der Waals surface area contributed by atoms with E-state index < -0.39 is 46.7 Å². The summed E-state index contributed by atoms with van der Waals surface area (Å²) in [5.41, 5.74) is -0.0983. The number of hydrogen-bond donors (Lipinski definition) is 2. The monoisotopic (exact) mass is 568 g/mol. The van der Waals surface area contributed by atoms with Gasteiger partial charge in [0.25, 0.3) is 23.4 Å². The van der Waals surface area contributed by atoms with Crippen LogP contribution in [0.4, 0.5) is 26.2 Å². The Morgan fingerprint density at radius 2 is 1.80 bits per heavy atom. The molecule has 0 radical (unpaired) electrons. The molecule has 4 rings (SSSR count). The van der Waals surface area contributed by atoms with E-state index in [1.807, 2.05) is 5.32 Å². The maximum atomic E-state index is 13.1. The second-order valence-corrected chi connectivity index (χ2v) is 8.52. The number of rotatable bonds is 8. The molecule has 5 amide bonds. The zero-order valence-electron chi connectivity index (χ0n) is 20.5. The molecular weight excluding hydrogens is 551 g/mol. The van der Waals surface area contributed by atoms with E-state index >= 15 is 0 Å². The third-order valence-electron chi connectivity index (χ3n) is 5.46. The normalized spacial score (nSPS) is 14.1. The van der Waals surface area contributed by atoms with Crippen molar-refractivity contribution in [3.63, 3.8) is 0 Å². The number of nitrogens with one attached hydrogen (secondary N) is 2. The van der Waals surface area contributed by atoms with E-state index in [-0.39, 0.29) is 33.5 Å². The van der Waals surface area contributed by atoms with Crippen molar-refractivity contribution in [2.45, 2.75) is 0 Å². The first-order valence-electron chi connectivity index (χ1n) is 11.3. The highest BCUT2D eigenvalue weighted by atomic mass is 35.5. The van der Waals surface area contributed by atoms with Crippen LogP contribution in [0, 0.1) is 15.9 Å². The van der Waals surface area contributed by atoms with Crippen molar-refractivity contribution in [3.8, 4) is 11.5 Å². The highest BCUT2D eigenvalue weighted by Crippen LogP contribution is 2.37. The van der Waals surface area contributed by atoms with E-state index in [0.29, 0.717) is 10.6 Å². The van der Waals surface area contributed by atoms with Crippen LogP contribution < -0.4 is 25.0 Å². The van der Waals surface area contributed by atoms with E-state index in [2.05, 4.69) is 5.32 Å². The van der Waals surface area contributed by atoms with Gasteiger partial charge in [0.05, 0.1) is 22.7 Å². The van der Waals surface area contributed by atoms with Crippen LogP contribution in [0.25, 0.3) is 6.08 Å². The van der Waals surface area contributed by atoms with Gasteiger partial charge >= 0.3 is 6.03 Å². The van der Waals surface area contributed by atoms with Gasteiger partial charge in [-0.1, -0.05) is 11.6 Å². The van der Waals surface area contributed by atoms with E-state index in [4.69, 9.17) is 21.1 Å². The molecule has 1 aliphatic heterocycles. The smallest absolute Gasteiger partial charge is 0.335 e. The molecule has 2 N–H and O–H groups in total. The molecule has 0 aliphatic carbocycles. The van der Waals surface area contributed by atoms with Crippen molar-refractivity contribution >= 4 is 58.5 Å². The van der Waals surface area contributed by atoms with Gasteiger partial charge in [-0.25, -0.2) is 14.1 Å². The lowest BCUT2D eigenvalue weighted by Crippen LogP contribution is -2.54. The Morgan fingerprint density at radius 3 is 2.42 bits per heavy atom. The molecule has 3 aromatic carbocycles. The Labute approximate surface area is 230 Å². The summed E-state index contributed by atoms with van der Waals surface area (Å²) in [6.07, 6.45) is 1.17. The minimum absolute atomic E-state index is 0.00248. The summed E-state index contributed by atoms with van der Waals surface area (Å²) in [6.45, 7) is -0.471. The number of amides is 5. The van der Waals surface area contributed by atoms with Gasteiger partial charge in [-0.15, -0.1) is 0 Å². The minimum Gasteiger partial charge on any atom is -0.493 e. The van der Waals surface area contributed by atoms with E-state index in [0.717, 1.165) is 12.1 Å². The van der Waals surface area contributed by atoms with Crippen molar-refractivity contribution < 1.29 is 38.0 Å². The quantitative estimate of drug-likeness (QED) is 0.178. The molecule has 1 saturated heterocycles. The molecular formula is C26H18ClFN4O8. The highest BCUT2D eigenvalue weighted by Gasteiger charge is 2.37. The maximum Gasteiger partial charge on any atom is 0.335 e. The fourth-order valence-electron chi connectivity index (χ4n) is 3.61. The van der Waals surface area contributed by atoms with Crippen LogP contribution in [0.1, 0.15) is 5.56 Å². The lowest BCUT2D eigenvalue weighted by atomic mass is 10.1. The van der Waals surface area contributed by atoms with Crippen molar-refractivity contribution in [1.82, 2.24) is 5.32 Å². The number of nitrogens with zero attached hydrogens (tertiary/aromatic N) is 2. The van der Waals surface area contributed by atoms with Crippen LogP contribution in [0.15, 0.2) is 66.2 Å². The fourth-order valence-corrected chi connectivity index (χ4v) is 3.89. The third-order valence-corrected chi connectivity index (χ3v) is 5.74. The summed E-state index contributed by atoms with van der Waals surface area (Å²) in [4.78, 5) is 61.2. The molecule has 1 fully saturated rings. The van der Waals surface area contributed by atoms with Gasteiger partial charge < -0.3 is 14.8 Å². The number of halogens is 2. The van der Waals surface area contributed by atoms with Crippen molar-refractivity contribution in [3.05, 3.63) is 92.8 Å². The van der Waals surface area contributed by atoms with Gasteiger partial charge in [0, 0.05) is 17.8 Å². The number of methoxy groups -OCH3 is 1. The van der Waals surface area contributed by atoms with E-state index in [9.17, 15) is 33.7 Å². The van der Waals surface area contributed by atoms with Crippen molar-refractivity contribution in [2.24, 2.45) is 0 Å². The van der Waals surface area contributed by atoms with Crippen LogP contribution >= 0.6 is 11.6 Å². The van der Waals surface area contributed by atoms with Crippen molar-refractivity contribution in [1.29, 1.82) is 0 Å². The Hall–Kier alpha value is -5.30. The Morgan fingerprint density at radius 1 is 1.12 bits per heavy atom. The standard InChI is InChI=1S/C26H18ClFN4O8/c1-39-21-12-14(11-20(27)23(21)40-13-22(33)29-16-4-2-15(28)3-5-16)10-19-24(34)30-26(36)31(25(19)35)17-6-8-18(9-7-17)32(37)38/h2-12H,13H2,1H3,(H,29,33)(H,30,34,36)/b19-10-. The Kier molecular flexibility index (Phi) is 8.05. The van der Waals surface area contributed by atoms with Crippen LogP contribution in [-0.4, -0.2) is 42.4 Å². The van der Waals surface area contributed by atoms with Gasteiger partial charge in [-0.05, 0) is 60.2 Å². The van der Waals surface area contributed by atoms with Crippen LogP contribution in [0.2, 0.25) is 5.02 Å². The summed E-state index contributed by atoms with van der Waals surface area (Å²) >= 11 is 6.34. The predicted molar refractivity (Wildman–Crippen MR) is 141 cm³/mol. The Bertz CT molecular complexity index is 1560. The molecule has 0 atom stereocenters. The second-order valence-electron chi connectivity index (χ2n) is 8.11. The number of benzene rings is 3. The number of nitro groups is 1. The first kappa shape index (κ1) is 27.7. The first-order valence-corrected chi connectivity index (χ1v) is 11.7. The lowest BCUT2D eigenvalue weighted by molar-refractivity contribution is -0.384. The molecule has 204 valence electrons. The van der Waals surface area contributed by atoms with Crippen LogP contribution in [0.3, 0.4) is 0 Å². The lowest BCUT2D eigenvalue weighted by Gasteiger charge is -2.26. The summed E-state index contributed by atoms with van der Waals surface area (Å²) in [5.74, 6) is -2.89. The summed E-state index contributed by atoms with van der Waals surface area (Å²) in [5, 5.41) is 15.5. The van der Waals surface area contributed by atoms with Gasteiger partial charge in [-0.3, -0.25) is 29.8 Å². The molecule has 14 heteroatoms. The topological polar surface area (TPSA) is 157 Å². The van der Waals surface area contributed by atoms with Crippen LogP contribution in [-0.2, 0) is 14.4 Å². The van der Waals surface area contributed by atoms with Gasteiger partial charge in [0.2, 0.25) is 0 Å². The maximum absolute atomic E-state index is 13.1. The first-order chi connectivity index (χ1) is 19.1. The Balaban J connectivity index is 1.55. The van der Waals surface area contributed by atoms with E-state index in [1.165, 1.54) is 61.7 Å². The molecule has 0 spiro atoms. The van der Waals surface area contributed by atoms with Gasteiger partial charge in [0.15, 0.2) is 18.1 Å². The number of non-ortho nitro benzene ring substituents is 1. The van der Waals surface area contributed by atoms with Gasteiger partial charge in [-0.2, -0.15) is 0 Å². The van der Waals surface area contributed by atoms with Gasteiger partial charge in [0.1, 0.15) is 11.4 Å². The van der Waals surface area contributed by atoms with Crippen molar-refractivity contribution in [2.75, 3.05) is 23.9 Å². The molecule has 12 nitrogen and oxygen atoms in total. The molecule has 0 unspecified atom stereocenters. The number of barbiturate groups is 1. The molecule has 40 heavy (non-hydrogen) atoms. The molecule has 0 bridgehead atoms. The number of urea groups is 1. The average Bonchev–Trinajstić information content (AvgIpc) is 2.91. The highest BCUT2D eigenvalue weighted by molar-refractivity contribution is 6.39. The third kappa shape index (κ3) is 6.05. The molecule has 1 aliphatic rings. The average molecular weight is 569 g/mol. The predicted octanol–water partition coefficient (Wildman–Crippen LogP) is 4.08. The molecule has 0 aromatic heterocycles. The van der Waals surface area contributed by atoms with E-state index in [1.54, 1.807) is 0 Å². The number of hydrogen-bond acceptors (Lipinski definition) is 8. The number of anilines is 2.